The third-order valence-electron chi connectivity index (χ3n) is 6.33. The molecule has 0 amide bonds. The number of rotatable bonds is 15. The first-order valence-corrected chi connectivity index (χ1v) is 11.6. The largest absolute Gasteiger partial charge is 0.491 e. The van der Waals surface area contributed by atoms with Crippen LogP contribution in [0, 0.1) is 10.8 Å². The first-order valence-electron chi connectivity index (χ1n) is 11.6. The smallest absolute Gasteiger partial charge is 0.251 e. The molecule has 0 radical (unpaired) electrons. The second-order valence-corrected chi connectivity index (χ2v) is 10.6. The van der Waals surface area contributed by atoms with Crippen LogP contribution in [0.1, 0.15) is 90.6 Å². The topological polar surface area (TPSA) is 133 Å². The molecule has 2 unspecified atom stereocenters. The van der Waals surface area contributed by atoms with Crippen LogP contribution in [0.3, 0.4) is 0 Å². The third-order valence-corrected chi connectivity index (χ3v) is 6.33. The number of nitrogens with zero attached hydrogens (tertiary/aromatic N) is 2. The van der Waals surface area contributed by atoms with Crippen LogP contribution in [0.2, 0.25) is 0 Å². The standard InChI is InChI=1S/C24H40N2O6/c1-23(2,13-9-19-15-21(29)25-31-19)11-7-17(27)5-6-18(28)8-12-24(3,4)14-10-20-16-22(30)26-32-20/h15-18,27-28H,5-14H2,1-4H3,(H,25,29)(H,26,30). The molecule has 0 bridgehead atoms. The predicted octanol–water partition coefficient (Wildman–Crippen LogP) is 4.75. The molecule has 0 fully saturated rings. The Balaban J connectivity index is 1.60. The summed E-state index contributed by atoms with van der Waals surface area (Å²) >= 11 is 0. The van der Waals surface area contributed by atoms with Gasteiger partial charge in [0.15, 0.2) is 0 Å². The minimum Gasteiger partial charge on any atom is -0.491 e. The lowest BCUT2D eigenvalue weighted by atomic mass is 9.81. The van der Waals surface area contributed by atoms with Crippen molar-refractivity contribution in [3.05, 3.63) is 23.7 Å². The van der Waals surface area contributed by atoms with Crippen LogP contribution in [0.25, 0.3) is 0 Å². The van der Waals surface area contributed by atoms with Crippen molar-refractivity contribution in [2.24, 2.45) is 10.8 Å². The van der Waals surface area contributed by atoms with E-state index in [2.05, 4.69) is 38.0 Å². The van der Waals surface area contributed by atoms with E-state index < -0.39 is 12.2 Å². The molecule has 0 saturated heterocycles. The maximum atomic E-state index is 10.4. The van der Waals surface area contributed by atoms with E-state index in [0.717, 1.165) is 25.7 Å². The van der Waals surface area contributed by atoms with Crippen molar-refractivity contribution in [1.82, 2.24) is 10.3 Å². The lowest BCUT2D eigenvalue weighted by molar-refractivity contribution is 0.0864. The molecule has 4 N–H and O–H groups in total. The van der Waals surface area contributed by atoms with Crippen LogP contribution in [0.4, 0.5) is 0 Å². The Kier molecular flexibility index (Phi) is 9.58. The summed E-state index contributed by atoms with van der Waals surface area (Å²) in [6.45, 7) is 8.64. The Hall–Kier alpha value is -2.06. The van der Waals surface area contributed by atoms with Crippen molar-refractivity contribution in [1.29, 1.82) is 0 Å². The maximum absolute atomic E-state index is 10.4. The summed E-state index contributed by atoms with van der Waals surface area (Å²) in [4.78, 5) is 0. The monoisotopic (exact) mass is 452 g/mol. The molecule has 0 saturated carbocycles. The first kappa shape index (κ1) is 26.2. The van der Waals surface area contributed by atoms with Gasteiger partial charge >= 0.3 is 0 Å². The quantitative estimate of drug-likeness (QED) is 0.304. The van der Waals surface area contributed by atoms with E-state index in [9.17, 15) is 20.4 Å². The first-order chi connectivity index (χ1) is 14.9. The zero-order valence-corrected chi connectivity index (χ0v) is 19.9. The van der Waals surface area contributed by atoms with Crippen LogP contribution in [0.5, 0.6) is 11.8 Å². The summed E-state index contributed by atoms with van der Waals surface area (Å²) in [5.41, 5.74) is 0.0681. The molecule has 8 nitrogen and oxygen atoms in total. The van der Waals surface area contributed by atoms with Crippen molar-refractivity contribution in [2.45, 2.75) is 104 Å². The Morgan fingerprint density at radius 1 is 0.688 bits per heavy atom. The van der Waals surface area contributed by atoms with Gasteiger partial charge in [-0.05, 0) is 72.5 Å². The number of aryl methyl sites for hydroxylation is 2. The van der Waals surface area contributed by atoms with Gasteiger partial charge in [0.1, 0.15) is 11.5 Å². The molecule has 2 heterocycles. The SMILES string of the molecule is CC(C)(CCc1cc(O)no1)CCC(O)CCC(O)CCC(C)(C)CCc1cc(O)no1. The van der Waals surface area contributed by atoms with Crippen molar-refractivity contribution >= 4 is 0 Å². The van der Waals surface area contributed by atoms with Crippen molar-refractivity contribution in [2.75, 3.05) is 0 Å². The summed E-state index contributed by atoms with van der Waals surface area (Å²) < 4.78 is 10.1. The number of aliphatic hydroxyl groups is 2. The normalized spacial score (nSPS) is 14.6. The Morgan fingerprint density at radius 2 is 1.06 bits per heavy atom. The number of aromatic nitrogens is 2. The van der Waals surface area contributed by atoms with E-state index in [1.807, 2.05) is 0 Å². The molecule has 0 spiro atoms. The summed E-state index contributed by atoms with van der Waals surface area (Å²) in [5.74, 6) is 1.15. The fourth-order valence-corrected chi connectivity index (χ4v) is 3.80. The Morgan fingerprint density at radius 3 is 1.38 bits per heavy atom. The van der Waals surface area contributed by atoms with Gasteiger partial charge < -0.3 is 29.5 Å². The van der Waals surface area contributed by atoms with E-state index in [1.165, 1.54) is 12.1 Å². The maximum Gasteiger partial charge on any atom is 0.251 e. The Labute approximate surface area is 190 Å². The molecular weight excluding hydrogens is 412 g/mol. The summed E-state index contributed by atoms with van der Waals surface area (Å²) in [6, 6.07) is 3.07. The van der Waals surface area contributed by atoms with Crippen LogP contribution in [-0.4, -0.2) is 42.9 Å². The van der Waals surface area contributed by atoms with Gasteiger partial charge in [-0.1, -0.05) is 27.7 Å². The summed E-state index contributed by atoms with van der Waals surface area (Å²) in [5, 5.41) is 46.2. The molecular formula is C24H40N2O6. The fraction of sp³-hybridized carbons (Fsp3) is 0.750. The van der Waals surface area contributed by atoms with Crippen LogP contribution in [-0.2, 0) is 12.8 Å². The second kappa shape index (κ2) is 11.7. The van der Waals surface area contributed by atoms with Crippen LogP contribution >= 0.6 is 0 Å². The molecule has 2 aromatic rings. The summed E-state index contributed by atoms with van der Waals surface area (Å²) in [7, 11) is 0. The minimum absolute atomic E-state index is 0.0341. The molecule has 0 aliphatic carbocycles. The van der Waals surface area contributed by atoms with Crippen LogP contribution in [0.15, 0.2) is 21.2 Å². The van der Waals surface area contributed by atoms with E-state index in [-0.39, 0.29) is 22.6 Å². The number of aromatic hydroxyl groups is 2. The number of hydrogen-bond donors (Lipinski definition) is 4. The van der Waals surface area contributed by atoms with Crippen LogP contribution < -0.4 is 0 Å². The molecule has 8 heteroatoms. The number of hydrogen-bond acceptors (Lipinski definition) is 8. The highest BCUT2D eigenvalue weighted by atomic mass is 16.5. The molecule has 0 aliphatic heterocycles. The van der Waals surface area contributed by atoms with E-state index in [0.29, 0.717) is 50.0 Å². The average Bonchev–Trinajstić information content (AvgIpc) is 3.34. The number of aliphatic hydroxyl groups excluding tert-OH is 2. The molecule has 2 rings (SSSR count). The highest BCUT2D eigenvalue weighted by molar-refractivity contribution is 5.09. The van der Waals surface area contributed by atoms with Crippen molar-refractivity contribution in [3.8, 4) is 11.8 Å². The van der Waals surface area contributed by atoms with Crippen molar-refractivity contribution < 1.29 is 29.5 Å². The van der Waals surface area contributed by atoms with Gasteiger partial charge in [-0.3, -0.25) is 0 Å². The highest BCUT2D eigenvalue weighted by Gasteiger charge is 2.23. The van der Waals surface area contributed by atoms with Gasteiger partial charge in [0, 0.05) is 25.0 Å². The van der Waals surface area contributed by atoms with E-state index in [1.54, 1.807) is 0 Å². The van der Waals surface area contributed by atoms with Crippen molar-refractivity contribution in [3.63, 3.8) is 0 Å². The van der Waals surface area contributed by atoms with Gasteiger partial charge in [0.25, 0.3) is 11.8 Å². The van der Waals surface area contributed by atoms with Gasteiger partial charge in [-0.15, -0.1) is 0 Å². The minimum atomic E-state index is -0.426. The second-order valence-electron chi connectivity index (χ2n) is 10.6. The fourth-order valence-electron chi connectivity index (χ4n) is 3.80. The summed E-state index contributed by atoms with van der Waals surface area (Å²) in [6.07, 6.45) is 6.59. The highest BCUT2D eigenvalue weighted by Crippen LogP contribution is 2.32. The zero-order chi connectivity index (χ0) is 23.8. The zero-order valence-electron chi connectivity index (χ0n) is 19.9. The molecule has 0 aromatic carbocycles. The van der Waals surface area contributed by atoms with E-state index >= 15 is 0 Å². The van der Waals surface area contributed by atoms with Gasteiger partial charge in [-0.25, -0.2) is 0 Å². The lowest BCUT2D eigenvalue weighted by Crippen LogP contribution is -2.20. The van der Waals surface area contributed by atoms with Gasteiger partial charge in [0.2, 0.25) is 0 Å². The Bertz CT molecular complexity index is 732. The molecule has 182 valence electrons. The van der Waals surface area contributed by atoms with Gasteiger partial charge in [-0.2, -0.15) is 0 Å². The molecule has 32 heavy (non-hydrogen) atoms. The lowest BCUT2D eigenvalue weighted by Gasteiger charge is -2.27. The third kappa shape index (κ3) is 10.0. The molecule has 2 aromatic heterocycles. The average molecular weight is 453 g/mol. The van der Waals surface area contributed by atoms with E-state index in [4.69, 9.17) is 9.05 Å². The molecule has 2 atom stereocenters. The predicted molar refractivity (Wildman–Crippen MR) is 120 cm³/mol. The van der Waals surface area contributed by atoms with Gasteiger partial charge in [0.05, 0.1) is 12.2 Å². The molecule has 0 aliphatic rings.